The van der Waals surface area contributed by atoms with Crippen molar-refractivity contribution in [3.05, 3.63) is 0 Å². The maximum absolute atomic E-state index is 9.19. The third kappa shape index (κ3) is 4.93. The van der Waals surface area contributed by atoms with Gasteiger partial charge in [-0.05, 0) is 52.2 Å². The maximum Gasteiger partial charge on any atom is 0.103 e. The zero-order chi connectivity index (χ0) is 13.4. The summed E-state index contributed by atoms with van der Waals surface area (Å²) in [6.45, 7) is 8.17. The second-order valence-electron chi connectivity index (χ2n) is 5.38. The molecule has 1 saturated heterocycles. The zero-order valence-electron chi connectivity index (χ0n) is 12.0. The molecule has 4 nitrogen and oxygen atoms in total. The normalized spacial score (nSPS) is 24.4. The number of likely N-dealkylation sites (tertiary alicyclic amines) is 1. The molecular formula is C14H27N3O. The van der Waals surface area contributed by atoms with Crippen LogP contribution in [-0.2, 0) is 4.74 Å². The van der Waals surface area contributed by atoms with Crippen molar-refractivity contribution in [1.82, 2.24) is 10.2 Å². The van der Waals surface area contributed by atoms with Gasteiger partial charge in [0.25, 0.3) is 0 Å². The lowest BCUT2D eigenvalue weighted by Gasteiger charge is -2.32. The summed E-state index contributed by atoms with van der Waals surface area (Å²) < 4.78 is 5.42. The number of nitriles is 1. The first-order valence-corrected chi connectivity index (χ1v) is 7.05. The molecule has 18 heavy (non-hydrogen) atoms. The van der Waals surface area contributed by atoms with Crippen LogP contribution in [0.4, 0.5) is 0 Å². The van der Waals surface area contributed by atoms with Crippen molar-refractivity contribution in [2.75, 3.05) is 33.3 Å². The molecule has 1 rings (SSSR count). The van der Waals surface area contributed by atoms with Crippen molar-refractivity contribution >= 4 is 0 Å². The monoisotopic (exact) mass is 253 g/mol. The van der Waals surface area contributed by atoms with Gasteiger partial charge in [-0.15, -0.1) is 0 Å². The Hall–Kier alpha value is -0.630. The van der Waals surface area contributed by atoms with E-state index >= 15 is 0 Å². The van der Waals surface area contributed by atoms with Crippen LogP contribution in [0.2, 0.25) is 0 Å². The largest absolute Gasteiger partial charge is 0.380 e. The van der Waals surface area contributed by atoms with Gasteiger partial charge in [0, 0.05) is 13.7 Å². The van der Waals surface area contributed by atoms with Gasteiger partial charge in [-0.25, -0.2) is 0 Å². The molecule has 2 unspecified atom stereocenters. The number of rotatable bonds is 7. The standard InChI is InChI=1S/C14H27N3O/c1-4-16-14(2,12-15)8-6-10-17-9-5-7-13(11-17)18-3/h13,16H,4-11H2,1-3H3. The molecule has 0 saturated carbocycles. The molecule has 1 N–H and O–H groups in total. The minimum Gasteiger partial charge on any atom is -0.380 e. The van der Waals surface area contributed by atoms with Gasteiger partial charge in [0.1, 0.15) is 5.54 Å². The van der Waals surface area contributed by atoms with Gasteiger partial charge in [0.15, 0.2) is 0 Å². The third-order valence-corrected chi connectivity index (χ3v) is 3.76. The fourth-order valence-corrected chi connectivity index (χ4v) is 2.64. The second kappa shape index (κ2) is 7.73. The minimum absolute atomic E-state index is 0.370. The molecule has 0 bridgehead atoms. The third-order valence-electron chi connectivity index (χ3n) is 3.76. The van der Waals surface area contributed by atoms with E-state index in [1.807, 2.05) is 13.8 Å². The Morgan fingerprint density at radius 2 is 2.33 bits per heavy atom. The first-order chi connectivity index (χ1) is 8.63. The number of nitrogens with zero attached hydrogens (tertiary/aromatic N) is 2. The van der Waals surface area contributed by atoms with Crippen LogP contribution < -0.4 is 5.32 Å². The first kappa shape index (κ1) is 15.4. The fourth-order valence-electron chi connectivity index (χ4n) is 2.64. The van der Waals surface area contributed by atoms with E-state index in [9.17, 15) is 5.26 Å². The van der Waals surface area contributed by atoms with Gasteiger partial charge in [-0.3, -0.25) is 5.32 Å². The van der Waals surface area contributed by atoms with E-state index in [1.165, 1.54) is 19.4 Å². The number of piperidine rings is 1. The van der Waals surface area contributed by atoms with Crippen molar-refractivity contribution < 1.29 is 4.74 Å². The van der Waals surface area contributed by atoms with Crippen LogP contribution in [0.25, 0.3) is 0 Å². The summed E-state index contributed by atoms with van der Waals surface area (Å²) in [5.74, 6) is 0. The van der Waals surface area contributed by atoms with Gasteiger partial charge in [0.2, 0.25) is 0 Å². The van der Waals surface area contributed by atoms with Crippen LogP contribution in [0.15, 0.2) is 0 Å². The molecule has 1 fully saturated rings. The Morgan fingerprint density at radius 1 is 1.56 bits per heavy atom. The smallest absolute Gasteiger partial charge is 0.103 e. The minimum atomic E-state index is -0.370. The highest BCUT2D eigenvalue weighted by Crippen LogP contribution is 2.15. The Bertz CT molecular complexity index is 277. The number of hydrogen-bond donors (Lipinski definition) is 1. The summed E-state index contributed by atoms with van der Waals surface area (Å²) in [5, 5.41) is 12.4. The van der Waals surface area contributed by atoms with Crippen molar-refractivity contribution in [2.45, 2.75) is 51.2 Å². The lowest BCUT2D eigenvalue weighted by atomic mass is 9.97. The molecule has 0 radical (unpaired) electrons. The van der Waals surface area contributed by atoms with Crippen LogP contribution in [0.5, 0.6) is 0 Å². The molecule has 0 aromatic carbocycles. The summed E-state index contributed by atoms with van der Waals surface area (Å²) in [6, 6.07) is 2.38. The van der Waals surface area contributed by atoms with E-state index in [4.69, 9.17) is 4.74 Å². The average Bonchev–Trinajstić information content (AvgIpc) is 2.39. The Morgan fingerprint density at radius 3 is 2.94 bits per heavy atom. The quantitative estimate of drug-likeness (QED) is 0.751. The van der Waals surface area contributed by atoms with Gasteiger partial charge in [0.05, 0.1) is 12.2 Å². The number of methoxy groups -OCH3 is 1. The number of nitrogens with one attached hydrogen (secondary N) is 1. The van der Waals surface area contributed by atoms with Crippen molar-refractivity contribution in [1.29, 1.82) is 5.26 Å². The summed E-state index contributed by atoms with van der Waals surface area (Å²) in [4.78, 5) is 2.46. The highest BCUT2D eigenvalue weighted by molar-refractivity contribution is 5.03. The number of hydrogen-bond acceptors (Lipinski definition) is 4. The van der Waals surface area contributed by atoms with Crippen molar-refractivity contribution in [3.63, 3.8) is 0 Å². The van der Waals surface area contributed by atoms with E-state index < -0.39 is 0 Å². The van der Waals surface area contributed by atoms with Gasteiger partial charge in [-0.1, -0.05) is 6.92 Å². The Labute approximate surface area is 111 Å². The fraction of sp³-hybridized carbons (Fsp3) is 0.929. The molecule has 0 aromatic heterocycles. The summed E-state index contributed by atoms with van der Waals surface area (Å²) in [5.41, 5.74) is -0.370. The topological polar surface area (TPSA) is 48.3 Å². The van der Waals surface area contributed by atoms with Gasteiger partial charge >= 0.3 is 0 Å². The molecule has 2 atom stereocenters. The SMILES string of the molecule is CCNC(C)(C#N)CCCN1CCCC(OC)C1. The molecule has 4 heteroatoms. The number of ether oxygens (including phenoxy) is 1. The average molecular weight is 253 g/mol. The molecule has 1 aliphatic heterocycles. The lowest BCUT2D eigenvalue weighted by molar-refractivity contribution is 0.0305. The highest BCUT2D eigenvalue weighted by Gasteiger charge is 2.23. The van der Waals surface area contributed by atoms with E-state index in [0.717, 1.165) is 32.5 Å². The van der Waals surface area contributed by atoms with Gasteiger partial charge < -0.3 is 9.64 Å². The van der Waals surface area contributed by atoms with Crippen LogP contribution >= 0.6 is 0 Å². The molecule has 104 valence electrons. The lowest BCUT2D eigenvalue weighted by Crippen LogP contribution is -2.43. The molecule has 1 heterocycles. The van der Waals surface area contributed by atoms with E-state index in [0.29, 0.717) is 6.10 Å². The molecule has 0 spiro atoms. The highest BCUT2D eigenvalue weighted by atomic mass is 16.5. The van der Waals surface area contributed by atoms with Crippen molar-refractivity contribution in [3.8, 4) is 6.07 Å². The summed E-state index contributed by atoms with van der Waals surface area (Å²) >= 11 is 0. The molecule has 0 aromatic rings. The summed E-state index contributed by atoms with van der Waals surface area (Å²) in [6.07, 6.45) is 4.77. The van der Waals surface area contributed by atoms with E-state index in [-0.39, 0.29) is 5.54 Å². The first-order valence-electron chi connectivity index (χ1n) is 7.05. The summed E-state index contributed by atoms with van der Waals surface area (Å²) in [7, 11) is 1.80. The van der Waals surface area contributed by atoms with E-state index in [1.54, 1.807) is 7.11 Å². The Kier molecular flexibility index (Phi) is 6.62. The molecular weight excluding hydrogens is 226 g/mol. The predicted octanol–water partition coefficient (Wildman–Crippen LogP) is 1.77. The molecule has 0 amide bonds. The molecule has 0 aliphatic carbocycles. The van der Waals surface area contributed by atoms with E-state index in [2.05, 4.69) is 16.3 Å². The zero-order valence-corrected chi connectivity index (χ0v) is 12.0. The second-order valence-corrected chi connectivity index (χ2v) is 5.38. The van der Waals surface area contributed by atoms with Crippen molar-refractivity contribution in [2.24, 2.45) is 0 Å². The van der Waals surface area contributed by atoms with Gasteiger partial charge in [-0.2, -0.15) is 5.26 Å². The van der Waals surface area contributed by atoms with Crippen LogP contribution in [0, 0.1) is 11.3 Å². The predicted molar refractivity (Wildman–Crippen MR) is 73.4 cm³/mol. The Balaban J connectivity index is 2.26. The van der Waals surface area contributed by atoms with Crippen LogP contribution in [0.3, 0.4) is 0 Å². The van der Waals surface area contributed by atoms with Crippen LogP contribution in [-0.4, -0.2) is 49.8 Å². The maximum atomic E-state index is 9.19. The van der Waals surface area contributed by atoms with Crippen LogP contribution in [0.1, 0.15) is 39.5 Å². The molecule has 1 aliphatic rings.